The van der Waals surface area contributed by atoms with Crippen LogP contribution in [-0.2, 0) is 14.9 Å². The summed E-state index contributed by atoms with van der Waals surface area (Å²) in [7, 11) is 1.33. The molecule has 2 rings (SSSR count). The molecule has 0 aliphatic carbocycles. The maximum Gasteiger partial charge on any atom is 0.338 e. The zero-order valence-corrected chi connectivity index (χ0v) is 15.9. The van der Waals surface area contributed by atoms with Gasteiger partial charge in [-0.3, -0.25) is 4.79 Å². The van der Waals surface area contributed by atoms with E-state index in [2.05, 4.69) is 26.1 Å². The lowest BCUT2D eigenvalue weighted by Gasteiger charge is -2.22. The summed E-state index contributed by atoms with van der Waals surface area (Å²) in [6.07, 6.45) is 0. The smallest absolute Gasteiger partial charge is 0.338 e. The summed E-state index contributed by atoms with van der Waals surface area (Å²) in [6.45, 7) is 7.93. The summed E-state index contributed by atoms with van der Waals surface area (Å²) in [6, 6.07) is 12.8. The molecular formula is C21H25NO4. The molecule has 1 N–H and O–H groups in total. The Kier molecular flexibility index (Phi) is 6.03. The topological polar surface area (TPSA) is 64.6 Å². The number of para-hydroxylation sites is 1. The van der Waals surface area contributed by atoms with Gasteiger partial charge in [0.05, 0.1) is 12.7 Å². The Balaban J connectivity index is 2.09. The zero-order valence-electron chi connectivity index (χ0n) is 15.9. The molecule has 0 fully saturated rings. The Morgan fingerprint density at radius 3 is 2.38 bits per heavy atom. The van der Waals surface area contributed by atoms with Crippen molar-refractivity contribution in [1.82, 2.24) is 0 Å². The molecule has 0 aliphatic heterocycles. The number of benzene rings is 2. The summed E-state index contributed by atoms with van der Waals surface area (Å²) < 4.78 is 10.5. The van der Waals surface area contributed by atoms with Crippen LogP contribution in [0.1, 0.15) is 42.3 Å². The fourth-order valence-corrected chi connectivity index (χ4v) is 2.64. The van der Waals surface area contributed by atoms with Gasteiger partial charge in [0, 0.05) is 5.69 Å². The second-order valence-electron chi connectivity index (χ2n) is 7.05. The van der Waals surface area contributed by atoms with Crippen LogP contribution in [0.5, 0.6) is 5.75 Å². The van der Waals surface area contributed by atoms with Crippen LogP contribution in [0.2, 0.25) is 0 Å². The van der Waals surface area contributed by atoms with E-state index in [0.29, 0.717) is 22.6 Å². The third kappa shape index (κ3) is 4.63. The lowest BCUT2D eigenvalue weighted by molar-refractivity contribution is -0.118. The highest BCUT2D eigenvalue weighted by Gasteiger charge is 2.19. The SMILES string of the molecule is COC(=O)c1cccc(NC(=O)COc2ccccc2C(C)(C)C)c1C. The van der Waals surface area contributed by atoms with Gasteiger partial charge in [0.2, 0.25) is 0 Å². The van der Waals surface area contributed by atoms with E-state index < -0.39 is 5.97 Å². The second-order valence-corrected chi connectivity index (χ2v) is 7.05. The quantitative estimate of drug-likeness (QED) is 0.820. The number of methoxy groups -OCH3 is 1. The lowest BCUT2D eigenvalue weighted by atomic mass is 9.86. The Bertz CT molecular complexity index is 806. The molecule has 2 aromatic rings. The van der Waals surface area contributed by atoms with Crippen molar-refractivity contribution >= 4 is 17.6 Å². The molecule has 0 atom stereocenters. The average molecular weight is 355 g/mol. The molecule has 5 nitrogen and oxygen atoms in total. The van der Waals surface area contributed by atoms with Crippen molar-refractivity contribution < 1.29 is 19.1 Å². The Labute approximate surface area is 154 Å². The van der Waals surface area contributed by atoms with Crippen LogP contribution in [0.3, 0.4) is 0 Å². The van der Waals surface area contributed by atoms with Gasteiger partial charge in [-0.25, -0.2) is 4.79 Å². The summed E-state index contributed by atoms with van der Waals surface area (Å²) >= 11 is 0. The van der Waals surface area contributed by atoms with Crippen LogP contribution >= 0.6 is 0 Å². The molecule has 0 aromatic heterocycles. The standard InChI is InChI=1S/C21H25NO4/c1-14-15(20(24)25-5)9-8-11-17(14)22-19(23)13-26-18-12-7-6-10-16(18)21(2,3)4/h6-12H,13H2,1-5H3,(H,22,23). The largest absolute Gasteiger partial charge is 0.483 e. The van der Waals surface area contributed by atoms with Crippen LogP contribution in [0, 0.1) is 6.92 Å². The summed E-state index contributed by atoms with van der Waals surface area (Å²) in [4.78, 5) is 24.1. The third-order valence-electron chi connectivity index (χ3n) is 4.07. The highest BCUT2D eigenvalue weighted by atomic mass is 16.5. The first-order chi connectivity index (χ1) is 12.2. The van der Waals surface area contributed by atoms with E-state index in [1.165, 1.54) is 7.11 Å². The fraction of sp³-hybridized carbons (Fsp3) is 0.333. The van der Waals surface area contributed by atoms with Gasteiger partial charge in [-0.15, -0.1) is 0 Å². The minimum absolute atomic E-state index is 0.0848. The van der Waals surface area contributed by atoms with Gasteiger partial charge in [-0.1, -0.05) is 45.0 Å². The molecule has 26 heavy (non-hydrogen) atoms. The van der Waals surface area contributed by atoms with Crippen molar-refractivity contribution in [2.24, 2.45) is 0 Å². The van der Waals surface area contributed by atoms with Gasteiger partial charge in [-0.05, 0) is 41.7 Å². The summed E-state index contributed by atoms with van der Waals surface area (Å²) in [5, 5.41) is 2.79. The van der Waals surface area contributed by atoms with Crippen molar-refractivity contribution in [1.29, 1.82) is 0 Å². The molecule has 0 saturated carbocycles. The predicted molar refractivity (Wildman–Crippen MR) is 102 cm³/mol. The van der Waals surface area contributed by atoms with E-state index in [1.807, 2.05) is 24.3 Å². The van der Waals surface area contributed by atoms with E-state index in [4.69, 9.17) is 9.47 Å². The number of hydrogen-bond acceptors (Lipinski definition) is 4. The number of rotatable bonds is 5. The van der Waals surface area contributed by atoms with Crippen LogP contribution < -0.4 is 10.1 Å². The molecular weight excluding hydrogens is 330 g/mol. The number of carbonyl (C=O) groups excluding carboxylic acids is 2. The molecule has 0 spiro atoms. The Morgan fingerprint density at radius 1 is 1.04 bits per heavy atom. The van der Waals surface area contributed by atoms with Gasteiger partial charge in [0.15, 0.2) is 6.61 Å². The first-order valence-corrected chi connectivity index (χ1v) is 8.44. The highest BCUT2D eigenvalue weighted by molar-refractivity contribution is 5.97. The predicted octanol–water partition coefficient (Wildman–Crippen LogP) is 4.10. The van der Waals surface area contributed by atoms with Crippen molar-refractivity contribution in [2.45, 2.75) is 33.1 Å². The molecule has 0 aliphatic rings. The molecule has 0 saturated heterocycles. The van der Waals surface area contributed by atoms with E-state index in [0.717, 1.165) is 5.56 Å². The molecule has 5 heteroatoms. The van der Waals surface area contributed by atoms with Crippen LogP contribution in [0.25, 0.3) is 0 Å². The van der Waals surface area contributed by atoms with Gasteiger partial charge < -0.3 is 14.8 Å². The molecule has 0 bridgehead atoms. The monoisotopic (exact) mass is 355 g/mol. The first kappa shape index (κ1) is 19.5. The van der Waals surface area contributed by atoms with E-state index >= 15 is 0 Å². The van der Waals surface area contributed by atoms with Crippen molar-refractivity contribution in [2.75, 3.05) is 19.0 Å². The number of esters is 1. The number of hydrogen-bond donors (Lipinski definition) is 1. The number of nitrogens with one attached hydrogen (secondary N) is 1. The number of anilines is 1. The van der Waals surface area contributed by atoms with Crippen molar-refractivity contribution in [3.8, 4) is 5.75 Å². The fourth-order valence-electron chi connectivity index (χ4n) is 2.64. The molecule has 0 unspecified atom stereocenters. The second kappa shape index (κ2) is 8.04. The highest BCUT2D eigenvalue weighted by Crippen LogP contribution is 2.31. The molecule has 2 aromatic carbocycles. The minimum atomic E-state index is -0.436. The minimum Gasteiger partial charge on any atom is -0.483 e. The van der Waals surface area contributed by atoms with Gasteiger partial charge in [0.1, 0.15) is 5.75 Å². The number of carbonyl (C=O) groups is 2. The maximum absolute atomic E-state index is 12.3. The van der Waals surface area contributed by atoms with Crippen LogP contribution in [0.4, 0.5) is 5.69 Å². The van der Waals surface area contributed by atoms with Gasteiger partial charge in [0.25, 0.3) is 5.91 Å². The normalized spacial score (nSPS) is 11.0. The van der Waals surface area contributed by atoms with Crippen molar-refractivity contribution in [3.63, 3.8) is 0 Å². The molecule has 138 valence electrons. The maximum atomic E-state index is 12.3. The van der Waals surface area contributed by atoms with E-state index in [1.54, 1.807) is 25.1 Å². The molecule has 0 heterocycles. The summed E-state index contributed by atoms with van der Waals surface area (Å²) in [5.74, 6) is -0.0389. The van der Waals surface area contributed by atoms with E-state index in [9.17, 15) is 9.59 Å². The Morgan fingerprint density at radius 2 is 1.73 bits per heavy atom. The number of ether oxygens (including phenoxy) is 2. The molecule has 0 radical (unpaired) electrons. The number of amides is 1. The zero-order chi connectivity index (χ0) is 19.3. The Hall–Kier alpha value is -2.82. The average Bonchev–Trinajstić information content (AvgIpc) is 2.60. The lowest BCUT2D eigenvalue weighted by Crippen LogP contribution is -2.22. The van der Waals surface area contributed by atoms with Crippen molar-refractivity contribution in [3.05, 3.63) is 59.2 Å². The van der Waals surface area contributed by atoms with Crippen LogP contribution in [0.15, 0.2) is 42.5 Å². The third-order valence-corrected chi connectivity index (χ3v) is 4.07. The van der Waals surface area contributed by atoms with Crippen LogP contribution in [-0.4, -0.2) is 25.6 Å². The van der Waals surface area contributed by atoms with Gasteiger partial charge in [-0.2, -0.15) is 0 Å². The summed E-state index contributed by atoms with van der Waals surface area (Å²) in [5.41, 5.74) is 2.59. The molecule has 1 amide bonds. The van der Waals surface area contributed by atoms with Gasteiger partial charge >= 0.3 is 5.97 Å². The van der Waals surface area contributed by atoms with E-state index in [-0.39, 0.29) is 17.9 Å². The first-order valence-electron chi connectivity index (χ1n) is 8.44.